The Morgan fingerprint density at radius 3 is 2.37 bits per heavy atom. The molecule has 0 radical (unpaired) electrons. The van der Waals surface area contributed by atoms with Crippen molar-refractivity contribution < 1.29 is 13.2 Å². The first kappa shape index (κ1) is 21.6. The van der Waals surface area contributed by atoms with E-state index in [9.17, 15) is 18.0 Å². The van der Waals surface area contributed by atoms with Gasteiger partial charge in [0.25, 0.3) is 15.6 Å². The molecule has 1 amide bonds. The molecule has 30 heavy (non-hydrogen) atoms. The monoisotopic (exact) mass is 445 g/mol. The van der Waals surface area contributed by atoms with Crippen LogP contribution < -0.4 is 15.6 Å². The number of nitrogens with one attached hydrogen (secondary N) is 2. The van der Waals surface area contributed by atoms with Gasteiger partial charge >= 0.3 is 0 Å². The normalized spacial score (nSPS) is 11.1. The summed E-state index contributed by atoms with van der Waals surface area (Å²) in [5.41, 5.74) is 0.530. The van der Waals surface area contributed by atoms with Gasteiger partial charge in [-0.1, -0.05) is 48.0 Å². The topological polar surface area (TPSA) is 97.3 Å². The number of amides is 1. The molecule has 1 aromatic heterocycles. The van der Waals surface area contributed by atoms with Crippen LogP contribution in [0, 0.1) is 6.92 Å². The Bertz CT molecular complexity index is 1220. The van der Waals surface area contributed by atoms with Crippen LogP contribution in [-0.2, 0) is 27.9 Å². The van der Waals surface area contributed by atoms with Crippen LogP contribution >= 0.6 is 11.6 Å². The smallest absolute Gasteiger partial charge is 0.275 e. The van der Waals surface area contributed by atoms with Gasteiger partial charge < -0.3 is 9.88 Å². The molecule has 2 N–H and O–H groups in total. The van der Waals surface area contributed by atoms with Crippen molar-refractivity contribution >= 4 is 33.2 Å². The fourth-order valence-electron chi connectivity index (χ4n) is 2.78. The summed E-state index contributed by atoms with van der Waals surface area (Å²) in [6, 6.07) is 17.8. The van der Waals surface area contributed by atoms with E-state index in [1.54, 1.807) is 49.4 Å². The van der Waals surface area contributed by atoms with Crippen LogP contribution in [-0.4, -0.2) is 18.9 Å². The first-order valence-electron chi connectivity index (χ1n) is 9.06. The number of anilines is 1. The number of aromatic nitrogens is 1. The van der Waals surface area contributed by atoms with Gasteiger partial charge in [0.1, 0.15) is 12.2 Å². The minimum absolute atomic E-state index is 0.0361. The average molecular weight is 446 g/mol. The van der Waals surface area contributed by atoms with Gasteiger partial charge in [-0.3, -0.25) is 14.3 Å². The number of carbonyl (C=O) groups excluding carboxylic acids is 1. The summed E-state index contributed by atoms with van der Waals surface area (Å²) in [5.74, 6) is -0.400. The zero-order valence-corrected chi connectivity index (χ0v) is 17.7. The highest BCUT2D eigenvalue weighted by Gasteiger charge is 2.17. The molecule has 0 unspecified atom stereocenters. The fraction of sp³-hybridized carbons (Fsp3) is 0.143. The molecule has 0 saturated carbocycles. The Morgan fingerprint density at radius 1 is 1.00 bits per heavy atom. The molecule has 3 rings (SSSR count). The van der Waals surface area contributed by atoms with E-state index >= 15 is 0 Å². The lowest BCUT2D eigenvalue weighted by molar-refractivity contribution is -0.121. The van der Waals surface area contributed by atoms with Crippen LogP contribution in [0.25, 0.3) is 0 Å². The van der Waals surface area contributed by atoms with E-state index in [0.29, 0.717) is 10.7 Å². The maximum atomic E-state index is 12.8. The second-order valence-corrected chi connectivity index (χ2v) is 8.66. The van der Waals surface area contributed by atoms with Crippen LogP contribution in [0.5, 0.6) is 0 Å². The molecule has 1 heterocycles. The Morgan fingerprint density at radius 2 is 1.67 bits per heavy atom. The number of sulfonamides is 1. The number of hydrogen-bond acceptors (Lipinski definition) is 4. The molecule has 7 nitrogen and oxygen atoms in total. The van der Waals surface area contributed by atoms with Crippen molar-refractivity contribution in [1.82, 2.24) is 9.88 Å². The highest BCUT2D eigenvalue weighted by Crippen LogP contribution is 2.15. The molecule has 156 valence electrons. The maximum Gasteiger partial charge on any atom is 0.275 e. The van der Waals surface area contributed by atoms with Crippen molar-refractivity contribution in [3.05, 3.63) is 93.4 Å². The number of pyridine rings is 1. The van der Waals surface area contributed by atoms with Gasteiger partial charge in [0.15, 0.2) is 0 Å². The molecule has 0 saturated heterocycles. The minimum Gasteiger partial charge on any atom is -0.350 e. The Hall–Kier alpha value is -3.10. The van der Waals surface area contributed by atoms with Crippen molar-refractivity contribution in [3.63, 3.8) is 0 Å². The van der Waals surface area contributed by atoms with E-state index in [2.05, 4.69) is 10.0 Å². The van der Waals surface area contributed by atoms with Crippen molar-refractivity contribution in [1.29, 1.82) is 0 Å². The molecule has 0 fully saturated rings. The Balaban J connectivity index is 1.77. The number of aryl methyl sites for hydroxylation is 1. The zero-order chi connectivity index (χ0) is 21.7. The number of carbonyl (C=O) groups is 1. The van der Waals surface area contributed by atoms with E-state index in [-0.39, 0.29) is 23.7 Å². The number of halogens is 1. The van der Waals surface area contributed by atoms with E-state index < -0.39 is 21.5 Å². The van der Waals surface area contributed by atoms with Gasteiger partial charge in [0.2, 0.25) is 5.91 Å². The summed E-state index contributed by atoms with van der Waals surface area (Å²) in [6.45, 7) is 1.63. The molecule has 0 aliphatic carbocycles. The predicted molar refractivity (Wildman–Crippen MR) is 116 cm³/mol. The highest BCUT2D eigenvalue weighted by atomic mass is 35.5. The number of benzene rings is 2. The molecule has 0 spiro atoms. The van der Waals surface area contributed by atoms with Crippen molar-refractivity contribution in [2.45, 2.75) is 24.9 Å². The van der Waals surface area contributed by atoms with E-state index in [4.69, 9.17) is 11.6 Å². The Labute approximate surface area is 179 Å². The molecular formula is C21H20ClN3O4S. The molecule has 0 atom stereocenters. The zero-order valence-electron chi connectivity index (χ0n) is 16.1. The third-order valence-electron chi connectivity index (χ3n) is 4.43. The van der Waals surface area contributed by atoms with Crippen LogP contribution in [0.4, 0.5) is 5.69 Å². The fourth-order valence-corrected chi connectivity index (χ4v) is 4.06. The van der Waals surface area contributed by atoms with Crippen molar-refractivity contribution in [2.24, 2.45) is 0 Å². The van der Waals surface area contributed by atoms with Crippen molar-refractivity contribution in [3.8, 4) is 0 Å². The molecule has 0 bridgehead atoms. The van der Waals surface area contributed by atoms with Crippen LogP contribution in [0.2, 0.25) is 5.02 Å². The number of nitrogens with zero attached hydrogens (tertiary/aromatic N) is 1. The predicted octanol–water partition coefficient (Wildman–Crippen LogP) is 2.93. The molecule has 3 aromatic rings. The summed E-state index contributed by atoms with van der Waals surface area (Å²) in [5, 5.41) is 3.25. The summed E-state index contributed by atoms with van der Waals surface area (Å²) >= 11 is 6.08. The lowest BCUT2D eigenvalue weighted by atomic mass is 10.2. The quantitative estimate of drug-likeness (QED) is 0.584. The first-order valence-corrected chi connectivity index (χ1v) is 10.9. The standard InChI is InChI=1S/C21H20ClN3O4S/c1-15-11-12-19(24-30(28,29)17-8-3-2-4-9-17)21(27)25(15)14-20(26)23-13-16-7-5-6-10-18(16)22/h2-12,24H,13-14H2,1H3,(H,23,26). The van der Waals surface area contributed by atoms with Gasteiger partial charge in [0, 0.05) is 17.3 Å². The lowest BCUT2D eigenvalue weighted by Gasteiger charge is -2.14. The third kappa shape index (κ3) is 5.08. The van der Waals surface area contributed by atoms with Crippen molar-refractivity contribution in [2.75, 3.05) is 4.72 Å². The van der Waals surface area contributed by atoms with Gasteiger partial charge in [-0.05, 0) is 42.8 Å². The third-order valence-corrected chi connectivity index (χ3v) is 6.18. The van der Waals surface area contributed by atoms with Gasteiger partial charge in [-0.15, -0.1) is 0 Å². The van der Waals surface area contributed by atoms with Crippen LogP contribution in [0.3, 0.4) is 0 Å². The van der Waals surface area contributed by atoms with E-state index in [1.165, 1.54) is 22.8 Å². The Kier molecular flexibility index (Phi) is 6.59. The van der Waals surface area contributed by atoms with Gasteiger partial charge in [-0.2, -0.15) is 0 Å². The number of hydrogen-bond donors (Lipinski definition) is 2. The second-order valence-electron chi connectivity index (χ2n) is 6.57. The van der Waals surface area contributed by atoms with Gasteiger partial charge in [-0.25, -0.2) is 8.42 Å². The summed E-state index contributed by atoms with van der Waals surface area (Å²) < 4.78 is 28.5. The highest BCUT2D eigenvalue weighted by molar-refractivity contribution is 7.92. The number of rotatable bonds is 7. The van der Waals surface area contributed by atoms with Crippen LogP contribution in [0.15, 0.2) is 76.4 Å². The molecule has 0 aliphatic heterocycles. The summed E-state index contributed by atoms with van der Waals surface area (Å²) in [6.07, 6.45) is 0. The minimum atomic E-state index is -3.92. The average Bonchev–Trinajstić information content (AvgIpc) is 2.73. The van der Waals surface area contributed by atoms with Gasteiger partial charge in [0.05, 0.1) is 4.90 Å². The largest absolute Gasteiger partial charge is 0.350 e. The van der Waals surface area contributed by atoms with E-state index in [1.807, 2.05) is 6.07 Å². The molecule has 9 heteroatoms. The molecule has 0 aliphatic rings. The van der Waals surface area contributed by atoms with Crippen LogP contribution in [0.1, 0.15) is 11.3 Å². The molecular weight excluding hydrogens is 426 g/mol. The second kappa shape index (κ2) is 9.15. The summed E-state index contributed by atoms with van der Waals surface area (Å²) in [4.78, 5) is 25.2. The molecule has 2 aromatic carbocycles. The first-order chi connectivity index (χ1) is 14.3. The lowest BCUT2D eigenvalue weighted by Crippen LogP contribution is -2.34. The summed E-state index contributed by atoms with van der Waals surface area (Å²) in [7, 11) is -3.92. The van der Waals surface area contributed by atoms with E-state index in [0.717, 1.165) is 5.56 Å². The SMILES string of the molecule is Cc1ccc(NS(=O)(=O)c2ccccc2)c(=O)n1CC(=O)NCc1ccccc1Cl. The maximum absolute atomic E-state index is 12.8.